The fourth-order valence-electron chi connectivity index (χ4n) is 3.02. The predicted octanol–water partition coefficient (Wildman–Crippen LogP) is 3.45. The van der Waals surface area contributed by atoms with E-state index in [4.69, 9.17) is 11.6 Å². The maximum atomic E-state index is 11.9. The third-order valence-corrected chi connectivity index (χ3v) is 4.80. The van der Waals surface area contributed by atoms with Gasteiger partial charge in [-0.2, -0.15) is 0 Å². The number of benzene rings is 1. The van der Waals surface area contributed by atoms with Crippen molar-refractivity contribution in [2.45, 2.75) is 19.4 Å². The van der Waals surface area contributed by atoms with E-state index in [-0.39, 0.29) is 6.03 Å². The van der Waals surface area contributed by atoms with Crippen LogP contribution in [-0.4, -0.2) is 30.6 Å². The second kappa shape index (κ2) is 8.72. The van der Waals surface area contributed by atoms with Gasteiger partial charge in [-0.15, -0.1) is 0 Å². The number of hydrogen-bond donors (Lipinski definition) is 2. The van der Waals surface area contributed by atoms with Gasteiger partial charge in [-0.3, -0.25) is 4.98 Å². The number of carbonyl (C=O) groups is 1. The van der Waals surface area contributed by atoms with Crippen molar-refractivity contribution in [3.63, 3.8) is 0 Å². The van der Waals surface area contributed by atoms with E-state index in [1.807, 2.05) is 36.5 Å². The third kappa shape index (κ3) is 5.36. The van der Waals surface area contributed by atoms with Crippen molar-refractivity contribution in [2.75, 3.05) is 24.5 Å². The van der Waals surface area contributed by atoms with Crippen LogP contribution >= 0.6 is 11.6 Å². The summed E-state index contributed by atoms with van der Waals surface area (Å²) in [6.45, 7) is 3.23. The number of halogens is 1. The van der Waals surface area contributed by atoms with Crippen LogP contribution in [0.4, 0.5) is 10.5 Å². The molecule has 2 amide bonds. The molecule has 1 aliphatic rings. The van der Waals surface area contributed by atoms with Gasteiger partial charge in [0.05, 0.1) is 11.9 Å². The zero-order valence-electron chi connectivity index (χ0n) is 14.1. The van der Waals surface area contributed by atoms with Crippen LogP contribution in [0.1, 0.15) is 18.4 Å². The van der Waals surface area contributed by atoms with E-state index >= 15 is 0 Å². The lowest BCUT2D eigenvalue weighted by Gasteiger charge is -2.33. The lowest BCUT2D eigenvalue weighted by molar-refractivity contribution is 0.237. The minimum atomic E-state index is -0.121. The second-order valence-electron chi connectivity index (χ2n) is 6.33. The summed E-state index contributed by atoms with van der Waals surface area (Å²) in [4.78, 5) is 18.5. The highest BCUT2D eigenvalue weighted by Crippen LogP contribution is 2.21. The number of urea groups is 1. The van der Waals surface area contributed by atoms with Crippen LogP contribution in [0.25, 0.3) is 0 Å². The van der Waals surface area contributed by atoms with Gasteiger partial charge in [-0.25, -0.2) is 4.79 Å². The third-order valence-electron chi connectivity index (χ3n) is 4.54. The summed E-state index contributed by atoms with van der Waals surface area (Å²) in [6, 6.07) is 11.4. The maximum absolute atomic E-state index is 11.9. The number of amides is 2. The molecule has 0 bridgehead atoms. The Morgan fingerprint density at radius 3 is 2.60 bits per heavy atom. The first-order valence-corrected chi connectivity index (χ1v) is 8.99. The number of aromatic nitrogens is 1. The number of hydrogen-bond acceptors (Lipinski definition) is 3. The van der Waals surface area contributed by atoms with E-state index in [0.717, 1.165) is 31.5 Å². The summed E-state index contributed by atoms with van der Waals surface area (Å²) in [7, 11) is 0. The summed E-state index contributed by atoms with van der Waals surface area (Å²) in [5.74, 6) is 0.522. The number of rotatable bonds is 5. The Bertz CT molecular complexity index is 670. The van der Waals surface area contributed by atoms with E-state index in [0.29, 0.717) is 24.0 Å². The molecule has 1 aliphatic heterocycles. The average Bonchev–Trinajstić information content (AvgIpc) is 2.67. The molecule has 0 aliphatic carbocycles. The minimum Gasteiger partial charge on any atom is -0.370 e. The number of nitrogens with one attached hydrogen (secondary N) is 2. The highest BCUT2D eigenvalue weighted by molar-refractivity contribution is 6.30. The Morgan fingerprint density at radius 2 is 1.92 bits per heavy atom. The van der Waals surface area contributed by atoms with Gasteiger partial charge in [-0.05, 0) is 48.6 Å². The molecule has 0 unspecified atom stereocenters. The molecule has 0 atom stereocenters. The van der Waals surface area contributed by atoms with Gasteiger partial charge in [-0.1, -0.05) is 23.7 Å². The summed E-state index contributed by atoms with van der Waals surface area (Å²) < 4.78 is 0. The summed E-state index contributed by atoms with van der Waals surface area (Å²) in [6.07, 6.45) is 5.85. The van der Waals surface area contributed by atoms with Crippen LogP contribution in [0.2, 0.25) is 5.02 Å². The highest BCUT2D eigenvalue weighted by atomic mass is 35.5. The maximum Gasteiger partial charge on any atom is 0.315 e. The predicted molar refractivity (Wildman–Crippen MR) is 101 cm³/mol. The van der Waals surface area contributed by atoms with Gasteiger partial charge < -0.3 is 15.5 Å². The van der Waals surface area contributed by atoms with Crippen LogP contribution in [0, 0.1) is 5.92 Å². The Labute approximate surface area is 153 Å². The topological polar surface area (TPSA) is 57.3 Å². The van der Waals surface area contributed by atoms with E-state index in [2.05, 4.69) is 26.6 Å². The molecule has 1 saturated heterocycles. The summed E-state index contributed by atoms with van der Waals surface area (Å²) in [5, 5.41) is 6.56. The van der Waals surface area contributed by atoms with Gasteiger partial charge in [0.15, 0.2) is 0 Å². The van der Waals surface area contributed by atoms with Gasteiger partial charge in [0.25, 0.3) is 0 Å². The number of anilines is 1. The Balaban J connectivity index is 1.35. The lowest BCUT2D eigenvalue weighted by atomic mass is 9.96. The lowest BCUT2D eigenvalue weighted by Crippen LogP contribution is -2.41. The molecule has 1 aromatic heterocycles. The van der Waals surface area contributed by atoms with E-state index in [9.17, 15) is 4.79 Å². The molecule has 0 radical (unpaired) electrons. The smallest absolute Gasteiger partial charge is 0.315 e. The number of carbonyl (C=O) groups excluding carboxylic acids is 1. The molecule has 6 heteroatoms. The average molecular weight is 359 g/mol. The molecule has 1 aromatic carbocycles. The number of piperidine rings is 1. The highest BCUT2D eigenvalue weighted by Gasteiger charge is 2.19. The molecule has 0 saturated carbocycles. The SMILES string of the molecule is O=C(NCc1ccc(Cl)cc1)NCC1CCN(c2cccnc2)CC1. The molecular weight excluding hydrogens is 336 g/mol. The molecule has 132 valence electrons. The van der Waals surface area contributed by atoms with Crippen molar-refractivity contribution < 1.29 is 4.79 Å². The van der Waals surface area contributed by atoms with Crippen LogP contribution < -0.4 is 15.5 Å². The van der Waals surface area contributed by atoms with Gasteiger partial charge in [0.1, 0.15) is 0 Å². The van der Waals surface area contributed by atoms with Crippen LogP contribution in [0.5, 0.6) is 0 Å². The quantitative estimate of drug-likeness (QED) is 0.860. The first kappa shape index (κ1) is 17.5. The first-order chi connectivity index (χ1) is 12.2. The molecule has 0 spiro atoms. The zero-order chi connectivity index (χ0) is 17.5. The van der Waals surface area contributed by atoms with Crippen molar-refractivity contribution in [1.29, 1.82) is 0 Å². The number of pyridine rings is 1. The van der Waals surface area contributed by atoms with Gasteiger partial charge in [0.2, 0.25) is 0 Å². The van der Waals surface area contributed by atoms with Gasteiger partial charge >= 0.3 is 6.03 Å². The number of nitrogens with zero attached hydrogens (tertiary/aromatic N) is 2. The standard InChI is InChI=1S/C19H23ClN4O/c20-17-5-3-15(4-6-17)12-22-19(25)23-13-16-7-10-24(11-8-16)18-2-1-9-21-14-18/h1-6,9,14,16H,7-8,10-13H2,(H2,22,23,25). The normalized spacial score (nSPS) is 15.0. The van der Waals surface area contributed by atoms with Crippen LogP contribution in [0.3, 0.4) is 0 Å². The molecule has 2 N–H and O–H groups in total. The van der Waals surface area contributed by atoms with Crippen molar-refractivity contribution >= 4 is 23.3 Å². The van der Waals surface area contributed by atoms with E-state index in [1.54, 1.807) is 6.20 Å². The fourth-order valence-corrected chi connectivity index (χ4v) is 3.15. The van der Waals surface area contributed by atoms with Crippen molar-refractivity contribution in [2.24, 2.45) is 5.92 Å². The largest absolute Gasteiger partial charge is 0.370 e. The zero-order valence-corrected chi connectivity index (χ0v) is 14.9. The first-order valence-electron chi connectivity index (χ1n) is 8.62. The second-order valence-corrected chi connectivity index (χ2v) is 6.77. The molecule has 2 heterocycles. The minimum absolute atomic E-state index is 0.121. The van der Waals surface area contributed by atoms with E-state index < -0.39 is 0 Å². The molecule has 3 rings (SSSR count). The molecule has 2 aromatic rings. The molecular formula is C19H23ClN4O. The molecule has 5 nitrogen and oxygen atoms in total. The summed E-state index contributed by atoms with van der Waals surface area (Å²) in [5.41, 5.74) is 2.21. The van der Waals surface area contributed by atoms with Crippen molar-refractivity contribution in [3.8, 4) is 0 Å². The molecule has 25 heavy (non-hydrogen) atoms. The van der Waals surface area contributed by atoms with Crippen molar-refractivity contribution in [1.82, 2.24) is 15.6 Å². The Hall–Kier alpha value is -2.27. The van der Waals surface area contributed by atoms with Crippen molar-refractivity contribution in [3.05, 3.63) is 59.4 Å². The monoisotopic (exact) mass is 358 g/mol. The van der Waals surface area contributed by atoms with E-state index in [1.165, 1.54) is 5.69 Å². The Kier molecular flexibility index (Phi) is 6.12. The van der Waals surface area contributed by atoms with Crippen LogP contribution in [-0.2, 0) is 6.54 Å². The summed E-state index contributed by atoms with van der Waals surface area (Å²) >= 11 is 5.85. The molecule has 1 fully saturated rings. The van der Waals surface area contributed by atoms with Crippen LogP contribution in [0.15, 0.2) is 48.8 Å². The Morgan fingerprint density at radius 1 is 1.16 bits per heavy atom. The van der Waals surface area contributed by atoms with Gasteiger partial charge in [0, 0.05) is 37.4 Å². The fraction of sp³-hybridized carbons (Fsp3) is 0.368.